The van der Waals surface area contributed by atoms with E-state index in [9.17, 15) is 13.2 Å². The van der Waals surface area contributed by atoms with Crippen molar-refractivity contribution >= 4 is 27.5 Å². The summed E-state index contributed by atoms with van der Waals surface area (Å²) in [6.45, 7) is 0.632. The van der Waals surface area contributed by atoms with Crippen LogP contribution < -0.4 is 10.0 Å². The van der Waals surface area contributed by atoms with Crippen LogP contribution in [0.2, 0.25) is 5.02 Å². The summed E-state index contributed by atoms with van der Waals surface area (Å²) in [4.78, 5) is 11.4. The molecule has 0 atom stereocenters. The number of rotatable bonds is 8. The second kappa shape index (κ2) is 8.21. The Hall–Kier alpha value is -1.15. The van der Waals surface area contributed by atoms with Gasteiger partial charge in [-0.2, -0.15) is 0 Å². The highest BCUT2D eigenvalue weighted by Crippen LogP contribution is 2.19. The van der Waals surface area contributed by atoms with Gasteiger partial charge in [0.2, 0.25) is 15.9 Å². The van der Waals surface area contributed by atoms with Gasteiger partial charge < -0.3 is 10.1 Å². The molecule has 2 N–H and O–H groups in total. The fourth-order valence-corrected chi connectivity index (χ4v) is 2.91. The Labute approximate surface area is 123 Å². The van der Waals surface area contributed by atoms with Gasteiger partial charge in [0.1, 0.15) is 4.90 Å². The first kappa shape index (κ1) is 16.9. The fraction of sp³-hybridized carbons (Fsp3) is 0.417. The van der Waals surface area contributed by atoms with Crippen LogP contribution in [0.4, 0.5) is 0 Å². The molecule has 1 aromatic carbocycles. The summed E-state index contributed by atoms with van der Waals surface area (Å²) in [6, 6.07) is 6.04. The third kappa shape index (κ3) is 5.46. The van der Waals surface area contributed by atoms with E-state index >= 15 is 0 Å². The van der Waals surface area contributed by atoms with E-state index in [0.29, 0.717) is 19.6 Å². The first-order valence-corrected chi connectivity index (χ1v) is 7.83. The minimum atomic E-state index is -3.79. The highest BCUT2D eigenvalue weighted by molar-refractivity contribution is 7.89. The van der Waals surface area contributed by atoms with Gasteiger partial charge in [-0.05, 0) is 18.6 Å². The van der Waals surface area contributed by atoms with Crippen LogP contribution in [-0.4, -0.2) is 41.1 Å². The zero-order chi connectivity index (χ0) is 15.0. The molecule has 0 aliphatic carbocycles. The Bertz CT molecular complexity index is 548. The molecule has 0 aromatic heterocycles. The monoisotopic (exact) mass is 320 g/mol. The third-order valence-electron chi connectivity index (χ3n) is 2.40. The number of hydrogen-bond donors (Lipinski definition) is 2. The van der Waals surface area contributed by atoms with E-state index in [2.05, 4.69) is 10.0 Å². The number of nitrogens with one attached hydrogen (secondary N) is 2. The molecule has 1 aromatic rings. The number of methoxy groups -OCH3 is 1. The molecule has 112 valence electrons. The maximum Gasteiger partial charge on any atom is 0.242 e. The molecule has 8 heteroatoms. The van der Waals surface area contributed by atoms with Gasteiger partial charge in [-0.3, -0.25) is 4.79 Å². The Morgan fingerprint density at radius 1 is 1.35 bits per heavy atom. The lowest BCUT2D eigenvalue weighted by molar-refractivity contribution is -0.120. The minimum Gasteiger partial charge on any atom is -0.385 e. The maximum atomic E-state index is 11.9. The first-order valence-electron chi connectivity index (χ1n) is 5.97. The molecule has 1 rings (SSSR count). The van der Waals surface area contributed by atoms with Gasteiger partial charge in [-0.15, -0.1) is 0 Å². The zero-order valence-corrected chi connectivity index (χ0v) is 12.6. The molecule has 0 bridgehead atoms. The second-order valence-corrected chi connectivity index (χ2v) is 6.09. The SMILES string of the molecule is COCCCNC(=O)CNS(=O)(=O)c1ccccc1Cl. The van der Waals surface area contributed by atoms with Crippen molar-refractivity contribution in [2.75, 3.05) is 26.8 Å². The molecular formula is C12H17ClN2O4S. The molecule has 0 aliphatic heterocycles. The summed E-state index contributed by atoms with van der Waals surface area (Å²) < 4.78 is 30.9. The Morgan fingerprint density at radius 2 is 2.05 bits per heavy atom. The molecule has 6 nitrogen and oxygen atoms in total. The lowest BCUT2D eigenvalue weighted by Crippen LogP contribution is -2.37. The van der Waals surface area contributed by atoms with Crippen LogP contribution in [0.5, 0.6) is 0 Å². The summed E-state index contributed by atoms with van der Waals surface area (Å²) >= 11 is 5.81. The van der Waals surface area contributed by atoms with E-state index in [1.54, 1.807) is 19.2 Å². The van der Waals surface area contributed by atoms with Crippen LogP contribution in [-0.2, 0) is 19.6 Å². The van der Waals surface area contributed by atoms with Crippen molar-refractivity contribution in [3.63, 3.8) is 0 Å². The number of carbonyl (C=O) groups is 1. The number of benzene rings is 1. The quantitative estimate of drug-likeness (QED) is 0.693. The Balaban J connectivity index is 2.48. The number of hydrogen-bond acceptors (Lipinski definition) is 4. The molecule has 0 saturated heterocycles. The van der Waals surface area contributed by atoms with Gasteiger partial charge in [-0.1, -0.05) is 23.7 Å². The number of sulfonamides is 1. The van der Waals surface area contributed by atoms with Gasteiger partial charge in [0.05, 0.1) is 11.6 Å². The summed E-state index contributed by atoms with van der Waals surface area (Å²) in [7, 11) is -2.22. The van der Waals surface area contributed by atoms with E-state index in [1.165, 1.54) is 12.1 Å². The molecule has 0 saturated carbocycles. The van der Waals surface area contributed by atoms with Gasteiger partial charge in [0.25, 0.3) is 0 Å². The van der Waals surface area contributed by atoms with E-state index < -0.39 is 15.9 Å². The van der Waals surface area contributed by atoms with E-state index in [4.69, 9.17) is 16.3 Å². The van der Waals surface area contributed by atoms with Crippen LogP contribution in [0.15, 0.2) is 29.2 Å². The molecular weight excluding hydrogens is 304 g/mol. The average Bonchev–Trinajstić information content (AvgIpc) is 2.42. The molecule has 20 heavy (non-hydrogen) atoms. The number of carbonyl (C=O) groups excluding carboxylic acids is 1. The van der Waals surface area contributed by atoms with Crippen LogP contribution in [0, 0.1) is 0 Å². The van der Waals surface area contributed by atoms with E-state index in [-0.39, 0.29) is 16.5 Å². The largest absolute Gasteiger partial charge is 0.385 e. The van der Waals surface area contributed by atoms with E-state index in [0.717, 1.165) is 0 Å². The standard InChI is InChI=1S/C12H17ClN2O4S/c1-19-8-4-7-14-12(16)9-15-20(17,18)11-6-3-2-5-10(11)13/h2-3,5-6,15H,4,7-9H2,1H3,(H,14,16). The zero-order valence-electron chi connectivity index (χ0n) is 11.1. The van der Waals surface area contributed by atoms with Gasteiger partial charge in [0.15, 0.2) is 0 Å². The molecule has 0 unspecified atom stereocenters. The molecule has 1 amide bonds. The van der Waals surface area contributed by atoms with E-state index in [1.807, 2.05) is 0 Å². The second-order valence-electron chi connectivity index (χ2n) is 3.95. The van der Waals surface area contributed by atoms with Crippen LogP contribution >= 0.6 is 11.6 Å². The molecule has 0 radical (unpaired) electrons. The molecule has 0 aliphatic rings. The fourth-order valence-electron chi connectivity index (χ4n) is 1.41. The lowest BCUT2D eigenvalue weighted by atomic mass is 10.4. The molecule has 0 heterocycles. The highest BCUT2D eigenvalue weighted by atomic mass is 35.5. The van der Waals surface area contributed by atoms with Crippen molar-refractivity contribution in [3.8, 4) is 0 Å². The van der Waals surface area contributed by atoms with Gasteiger partial charge in [-0.25, -0.2) is 13.1 Å². The van der Waals surface area contributed by atoms with Crippen molar-refractivity contribution in [2.24, 2.45) is 0 Å². The predicted octanol–water partition coefficient (Wildman–Crippen LogP) is 0.771. The number of halogens is 1. The number of ether oxygens (including phenoxy) is 1. The normalized spacial score (nSPS) is 11.3. The van der Waals surface area contributed by atoms with Crippen LogP contribution in [0.25, 0.3) is 0 Å². The Morgan fingerprint density at radius 3 is 2.70 bits per heavy atom. The van der Waals surface area contributed by atoms with Crippen LogP contribution in [0.3, 0.4) is 0 Å². The van der Waals surface area contributed by atoms with Crippen molar-refractivity contribution < 1.29 is 17.9 Å². The smallest absolute Gasteiger partial charge is 0.242 e. The van der Waals surface area contributed by atoms with Crippen molar-refractivity contribution in [2.45, 2.75) is 11.3 Å². The summed E-state index contributed by atoms with van der Waals surface area (Å²) in [5, 5.41) is 2.69. The maximum absolute atomic E-state index is 11.9. The first-order chi connectivity index (χ1) is 9.47. The van der Waals surface area contributed by atoms with Crippen LogP contribution in [0.1, 0.15) is 6.42 Å². The predicted molar refractivity (Wildman–Crippen MR) is 76.1 cm³/mol. The number of amides is 1. The van der Waals surface area contributed by atoms with Crippen molar-refractivity contribution in [1.82, 2.24) is 10.0 Å². The highest BCUT2D eigenvalue weighted by Gasteiger charge is 2.18. The lowest BCUT2D eigenvalue weighted by Gasteiger charge is -2.08. The Kier molecular flexibility index (Phi) is 6.94. The molecule has 0 spiro atoms. The topological polar surface area (TPSA) is 84.5 Å². The molecule has 0 fully saturated rings. The minimum absolute atomic E-state index is 0.0474. The summed E-state index contributed by atoms with van der Waals surface area (Å²) in [6.07, 6.45) is 0.666. The van der Waals surface area contributed by atoms with Gasteiger partial charge >= 0.3 is 0 Å². The van der Waals surface area contributed by atoms with Gasteiger partial charge in [0, 0.05) is 20.3 Å². The van der Waals surface area contributed by atoms with Crippen molar-refractivity contribution in [3.05, 3.63) is 29.3 Å². The average molecular weight is 321 g/mol. The summed E-state index contributed by atoms with van der Waals surface area (Å²) in [5.41, 5.74) is 0. The van der Waals surface area contributed by atoms with Crippen molar-refractivity contribution in [1.29, 1.82) is 0 Å². The third-order valence-corrected chi connectivity index (χ3v) is 4.30. The summed E-state index contributed by atoms with van der Waals surface area (Å²) in [5.74, 6) is -0.406.